The molecule has 0 heterocycles. The SMILES string of the molecule is COC(=O)C1=C(N)c2ccccc2CC1. The Morgan fingerprint density at radius 1 is 1.33 bits per heavy atom. The van der Waals surface area contributed by atoms with Crippen LogP contribution in [-0.2, 0) is 16.0 Å². The average Bonchev–Trinajstić information content (AvgIpc) is 2.29. The number of fused-ring (bicyclic) bond motifs is 1. The summed E-state index contributed by atoms with van der Waals surface area (Å²) >= 11 is 0. The van der Waals surface area contributed by atoms with E-state index < -0.39 is 0 Å². The molecule has 1 aromatic rings. The normalized spacial score (nSPS) is 14.7. The van der Waals surface area contributed by atoms with Crippen molar-refractivity contribution in [2.24, 2.45) is 5.73 Å². The van der Waals surface area contributed by atoms with Gasteiger partial charge in [-0.05, 0) is 18.4 Å². The lowest BCUT2D eigenvalue weighted by atomic mass is 9.90. The lowest BCUT2D eigenvalue weighted by Crippen LogP contribution is -2.17. The summed E-state index contributed by atoms with van der Waals surface area (Å²) in [5, 5.41) is 0. The van der Waals surface area contributed by atoms with Gasteiger partial charge < -0.3 is 10.5 Å². The number of hydrogen-bond acceptors (Lipinski definition) is 3. The molecule has 0 amide bonds. The third-order valence-electron chi connectivity index (χ3n) is 2.71. The summed E-state index contributed by atoms with van der Waals surface area (Å²) in [6.07, 6.45) is 1.51. The Hall–Kier alpha value is -1.77. The third-order valence-corrected chi connectivity index (χ3v) is 2.71. The predicted octanol–water partition coefficient (Wildman–Crippen LogP) is 1.48. The van der Waals surface area contributed by atoms with Crippen molar-refractivity contribution >= 4 is 11.7 Å². The van der Waals surface area contributed by atoms with Crippen LogP contribution in [0.15, 0.2) is 29.8 Å². The molecule has 1 aliphatic carbocycles. The molecule has 0 bridgehead atoms. The molecule has 0 aromatic heterocycles. The van der Waals surface area contributed by atoms with E-state index in [4.69, 9.17) is 10.5 Å². The van der Waals surface area contributed by atoms with Crippen LogP contribution in [0.3, 0.4) is 0 Å². The Labute approximate surface area is 88.5 Å². The lowest BCUT2D eigenvalue weighted by Gasteiger charge is -2.19. The van der Waals surface area contributed by atoms with Gasteiger partial charge in [0.2, 0.25) is 0 Å². The Morgan fingerprint density at radius 2 is 2.07 bits per heavy atom. The first-order valence-electron chi connectivity index (χ1n) is 4.89. The fraction of sp³-hybridized carbons (Fsp3) is 0.250. The smallest absolute Gasteiger partial charge is 0.335 e. The number of ether oxygens (including phenoxy) is 1. The minimum atomic E-state index is -0.318. The Bertz CT molecular complexity index is 435. The molecular formula is C12H13NO2. The van der Waals surface area contributed by atoms with Crippen molar-refractivity contribution < 1.29 is 9.53 Å². The number of aryl methyl sites for hydroxylation is 1. The van der Waals surface area contributed by atoms with E-state index in [0.29, 0.717) is 17.7 Å². The highest BCUT2D eigenvalue weighted by atomic mass is 16.5. The first kappa shape index (κ1) is 9.77. The third kappa shape index (κ3) is 1.61. The van der Waals surface area contributed by atoms with Crippen molar-refractivity contribution in [3.05, 3.63) is 41.0 Å². The summed E-state index contributed by atoms with van der Waals surface area (Å²) in [5.41, 5.74) is 9.26. The Balaban J connectivity index is 2.49. The summed E-state index contributed by atoms with van der Waals surface area (Å²) < 4.78 is 4.70. The summed E-state index contributed by atoms with van der Waals surface area (Å²) in [4.78, 5) is 11.4. The fourth-order valence-corrected chi connectivity index (χ4v) is 1.89. The van der Waals surface area contributed by atoms with Crippen molar-refractivity contribution in [2.75, 3.05) is 7.11 Å². The van der Waals surface area contributed by atoms with Gasteiger partial charge in [0.05, 0.1) is 12.7 Å². The van der Waals surface area contributed by atoms with E-state index in [1.165, 1.54) is 12.7 Å². The van der Waals surface area contributed by atoms with E-state index in [1.54, 1.807) is 0 Å². The van der Waals surface area contributed by atoms with Crippen LogP contribution in [0.5, 0.6) is 0 Å². The summed E-state index contributed by atoms with van der Waals surface area (Å²) in [6, 6.07) is 7.88. The van der Waals surface area contributed by atoms with Crippen LogP contribution >= 0.6 is 0 Å². The van der Waals surface area contributed by atoms with Gasteiger partial charge in [0, 0.05) is 11.3 Å². The zero-order chi connectivity index (χ0) is 10.8. The number of rotatable bonds is 1. The monoisotopic (exact) mass is 203 g/mol. The molecule has 1 aliphatic rings. The molecule has 0 fully saturated rings. The molecule has 3 heteroatoms. The number of esters is 1. The second-order valence-corrected chi connectivity index (χ2v) is 3.54. The summed E-state index contributed by atoms with van der Waals surface area (Å²) in [6.45, 7) is 0. The standard InChI is InChI=1S/C12H13NO2/c1-15-12(14)10-7-6-8-4-2-3-5-9(8)11(10)13/h2-5H,6-7,13H2,1H3. The fourth-order valence-electron chi connectivity index (χ4n) is 1.89. The summed E-state index contributed by atoms with van der Waals surface area (Å²) in [7, 11) is 1.38. The van der Waals surface area contributed by atoms with Gasteiger partial charge in [-0.15, -0.1) is 0 Å². The average molecular weight is 203 g/mol. The number of carbonyl (C=O) groups is 1. The highest BCUT2D eigenvalue weighted by Gasteiger charge is 2.21. The van der Waals surface area contributed by atoms with Gasteiger partial charge >= 0.3 is 5.97 Å². The maximum absolute atomic E-state index is 11.4. The van der Waals surface area contributed by atoms with Crippen LogP contribution in [0.4, 0.5) is 0 Å². The van der Waals surface area contributed by atoms with E-state index in [-0.39, 0.29) is 5.97 Å². The van der Waals surface area contributed by atoms with Crippen molar-refractivity contribution in [3.8, 4) is 0 Å². The van der Waals surface area contributed by atoms with Gasteiger partial charge in [-0.3, -0.25) is 0 Å². The molecule has 15 heavy (non-hydrogen) atoms. The van der Waals surface area contributed by atoms with Crippen molar-refractivity contribution in [1.29, 1.82) is 0 Å². The number of methoxy groups -OCH3 is 1. The highest BCUT2D eigenvalue weighted by molar-refractivity contribution is 5.98. The van der Waals surface area contributed by atoms with E-state index in [0.717, 1.165) is 12.0 Å². The molecule has 0 spiro atoms. The van der Waals surface area contributed by atoms with Crippen molar-refractivity contribution in [2.45, 2.75) is 12.8 Å². The van der Waals surface area contributed by atoms with E-state index in [2.05, 4.69) is 0 Å². The number of carbonyl (C=O) groups excluding carboxylic acids is 1. The molecule has 2 N–H and O–H groups in total. The van der Waals surface area contributed by atoms with Crippen LogP contribution in [0.2, 0.25) is 0 Å². The van der Waals surface area contributed by atoms with Gasteiger partial charge in [-0.25, -0.2) is 4.79 Å². The molecule has 0 aliphatic heterocycles. The second kappa shape index (κ2) is 3.77. The molecule has 3 nitrogen and oxygen atoms in total. The minimum absolute atomic E-state index is 0.318. The highest BCUT2D eigenvalue weighted by Crippen LogP contribution is 2.28. The Morgan fingerprint density at radius 3 is 2.80 bits per heavy atom. The minimum Gasteiger partial charge on any atom is -0.466 e. The number of nitrogens with two attached hydrogens (primary N) is 1. The van der Waals surface area contributed by atoms with E-state index >= 15 is 0 Å². The molecular weight excluding hydrogens is 190 g/mol. The van der Waals surface area contributed by atoms with Crippen molar-refractivity contribution in [1.82, 2.24) is 0 Å². The van der Waals surface area contributed by atoms with Gasteiger partial charge in [-0.2, -0.15) is 0 Å². The van der Waals surface area contributed by atoms with Gasteiger partial charge in [0.25, 0.3) is 0 Å². The summed E-state index contributed by atoms with van der Waals surface area (Å²) in [5.74, 6) is -0.318. The van der Waals surface area contributed by atoms with Crippen LogP contribution < -0.4 is 5.73 Å². The molecule has 0 saturated heterocycles. The van der Waals surface area contributed by atoms with Gasteiger partial charge in [0.15, 0.2) is 0 Å². The maximum atomic E-state index is 11.4. The van der Waals surface area contributed by atoms with Crippen LogP contribution in [0, 0.1) is 0 Å². The zero-order valence-electron chi connectivity index (χ0n) is 8.62. The van der Waals surface area contributed by atoms with Crippen LogP contribution in [-0.4, -0.2) is 13.1 Å². The largest absolute Gasteiger partial charge is 0.466 e. The van der Waals surface area contributed by atoms with Crippen molar-refractivity contribution in [3.63, 3.8) is 0 Å². The number of hydrogen-bond donors (Lipinski definition) is 1. The second-order valence-electron chi connectivity index (χ2n) is 3.54. The molecule has 0 unspecified atom stereocenters. The van der Waals surface area contributed by atoms with Crippen LogP contribution in [0.25, 0.3) is 5.70 Å². The van der Waals surface area contributed by atoms with E-state index in [1.807, 2.05) is 24.3 Å². The van der Waals surface area contributed by atoms with Gasteiger partial charge in [-0.1, -0.05) is 24.3 Å². The Kier molecular flexibility index (Phi) is 2.46. The number of benzene rings is 1. The lowest BCUT2D eigenvalue weighted by molar-refractivity contribution is -0.136. The molecule has 78 valence electrons. The van der Waals surface area contributed by atoms with E-state index in [9.17, 15) is 4.79 Å². The zero-order valence-corrected chi connectivity index (χ0v) is 8.62. The first-order valence-corrected chi connectivity index (χ1v) is 4.89. The first-order chi connectivity index (χ1) is 7.24. The maximum Gasteiger partial charge on any atom is 0.335 e. The molecule has 0 radical (unpaired) electrons. The topological polar surface area (TPSA) is 52.3 Å². The molecule has 2 rings (SSSR count). The molecule has 0 saturated carbocycles. The molecule has 1 aromatic carbocycles. The van der Waals surface area contributed by atoms with Crippen LogP contribution in [0.1, 0.15) is 17.5 Å². The van der Waals surface area contributed by atoms with Gasteiger partial charge in [0.1, 0.15) is 0 Å². The quantitative estimate of drug-likeness (QED) is 0.703. The predicted molar refractivity (Wildman–Crippen MR) is 57.9 cm³/mol. The molecule has 0 atom stereocenters.